The van der Waals surface area contributed by atoms with Gasteiger partial charge in [0.15, 0.2) is 0 Å². The summed E-state index contributed by atoms with van der Waals surface area (Å²) in [5.74, 6) is 0.0590. The predicted molar refractivity (Wildman–Crippen MR) is 47.3 cm³/mol. The van der Waals surface area contributed by atoms with Crippen molar-refractivity contribution in [2.75, 3.05) is 0 Å². The maximum absolute atomic E-state index is 11.5. The van der Waals surface area contributed by atoms with Gasteiger partial charge in [-0.15, -0.1) is 0 Å². The van der Waals surface area contributed by atoms with Gasteiger partial charge in [-0.05, 0) is 12.8 Å². The minimum Gasteiger partial charge on any atom is -0.303 e. The average Bonchev–Trinajstić information content (AvgIpc) is 2.42. The summed E-state index contributed by atoms with van der Waals surface area (Å²) in [6, 6.07) is 0. The van der Waals surface area contributed by atoms with Crippen molar-refractivity contribution in [2.45, 2.75) is 39.0 Å². The molecule has 0 unspecified atom stereocenters. The van der Waals surface area contributed by atoms with Crippen molar-refractivity contribution < 1.29 is 14.4 Å². The van der Waals surface area contributed by atoms with Crippen LogP contribution in [0.4, 0.5) is 0 Å². The lowest BCUT2D eigenvalue weighted by atomic mass is 9.77. The molecule has 0 saturated heterocycles. The largest absolute Gasteiger partial charge is 0.303 e. The molecule has 1 rings (SSSR count). The first-order valence-electron chi connectivity index (χ1n) is 4.67. The Bertz CT molecular complexity index is 227. The van der Waals surface area contributed by atoms with E-state index in [1.807, 2.05) is 6.92 Å². The first-order valence-corrected chi connectivity index (χ1v) is 4.67. The van der Waals surface area contributed by atoms with Crippen molar-refractivity contribution in [2.24, 2.45) is 5.41 Å². The van der Waals surface area contributed by atoms with Crippen molar-refractivity contribution in [3.8, 4) is 0 Å². The monoisotopic (exact) mass is 182 g/mol. The molecule has 0 aromatic rings. The van der Waals surface area contributed by atoms with Crippen LogP contribution in [-0.4, -0.2) is 17.9 Å². The Hall–Kier alpha value is -0.990. The van der Waals surface area contributed by atoms with Gasteiger partial charge in [0, 0.05) is 19.3 Å². The van der Waals surface area contributed by atoms with Crippen LogP contribution in [0.5, 0.6) is 0 Å². The molecule has 0 spiro atoms. The summed E-state index contributed by atoms with van der Waals surface area (Å²) in [7, 11) is 0. The van der Waals surface area contributed by atoms with Gasteiger partial charge < -0.3 is 4.79 Å². The first kappa shape index (κ1) is 10.1. The predicted octanol–water partition coefficient (Wildman–Crippen LogP) is 1.29. The molecule has 0 radical (unpaired) electrons. The number of hydrogen-bond acceptors (Lipinski definition) is 3. The molecule has 0 aromatic heterocycles. The zero-order valence-corrected chi connectivity index (χ0v) is 7.84. The SMILES string of the molecule is CCC1(CCC=O)C(=O)CCC1=O. The third kappa shape index (κ3) is 1.55. The summed E-state index contributed by atoms with van der Waals surface area (Å²) in [4.78, 5) is 33.2. The summed E-state index contributed by atoms with van der Waals surface area (Å²) >= 11 is 0. The van der Waals surface area contributed by atoms with Crippen LogP contribution in [0.15, 0.2) is 0 Å². The second-order valence-electron chi connectivity index (χ2n) is 3.49. The maximum Gasteiger partial charge on any atom is 0.146 e. The Morgan fingerprint density at radius 2 is 1.85 bits per heavy atom. The third-order valence-corrected chi connectivity index (χ3v) is 2.94. The van der Waals surface area contributed by atoms with E-state index in [1.54, 1.807) is 0 Å². The van der Waals surface area contributed by atoms with Crippen molar-refractivity contribution in [3.63, 3.8) is 0 Å². The summed E-state index contributed by atoms with van der Waals surface area (Å²) < 4.78 is 0. The van der Waals surface area contributed by atoms with Gasteiger partial charge in [-0.1, -0.05) is 6.92 Å². The number of ketones is 2. The number of hydrogen-bond donors (Lipinski definition) is 0. The normalized spacial score (nSPS) is 20.7. The Labute approximate surface area is 77.5 Å². The molecule has 1 fully saturated rings. The van der Waals surface area contributed by atoms with Crippen LogP contribution in [0.3, 0.4) is 0 Å². The van der Waals surface area contributed by atoms with E-state index in [9.17, 15) is 14.4 Å². The number of carbonyl (C=O) groups is 3. The molecule has 1 aliphatic rings. The average molecular weight is 182 g/mol. The van der Waals surface area contributed by atoms with Crippen LogP contribution >= 0.6 is 0 Å². The van der Waals surface area contributed by atoms with Crippen LogP contribution in [0.25, 0.3) is 0 Å². The lowest BCUT2D eigenvalue weighted by Gasteiger charge is -2.22. The lowest BCUT2D eigenvalue weighted by molar-refractivity contribution is -0.135. The van der Waals surface area contributed by atoms with Crippen molar-refractivity contribution in [3.05, 3.63) is 0 Å². The van der Waals surface area contributed by atoms with E-state index in [1.165, 1.54) is 0 Å². The molecule has 0 bridgehead atoms. The number of carbonyl (C=O) groups excluding carboxylic acids is 3. The third-order valence-electron chi connectivity index (χ3n) is 2.94. The number of Topliss-reactive ketones (excluding diaryl/α,β-unsaturated/α-hetero) is 2. The van der Waals surface area contributed by atoms with E-state index in [0.29, 0.717) is 32.1 Å². The van der Waals surface area contributed by atoms with E-state index < -0.39 is 5.41 Å². The fourth-order valence-corrected chi connectivity index (χ4v) is 2.02. The molecule has 72 valence electrons. The minimum atomic E-state index is -0.805. The van der Waals surface area contributed by atoms with Crippen LogP contribution < -0.4 is 0 Å². The summed E-state index contributed by atoms with van der Waals surface area (Å²) in [5, 5.41) is 0. The van der Waals surface area contributed by atoms with Gasteiger partial charge in [0.05, 0.1) is 5.41 Å². The van der Waals surface area contributed by atoms with Crippen LogP contribution in [0.2, 0.25) is 0 Å². The highest BCUT2D eigenvalue weighted by atomic mass is 16.2. The molecule has 1 aliphatic carbocycles. The molecule has 13 heavy (non-hydrogen) atoms. The molecule has 3 nitrogen and oxygen atoms in total. The summed E-state index contributed by atoms with van der Waals surface area (Å²) in [6.07, 6.45) is 2.77. The zero-order valence-electron chi connectivity index (χ0n) is 7.84. The van der Waals surface area contributed by atoms with Crippen molar-refractivity contribution >= 4 is 17.9 Å². The van der Waals surface area contributed by atoms with E-state index in [0.717, 1.165) is 6.29 Å². The van der Waals surface area contributed by atoms with Gasteiger partial charge in [0.2, 0.25) is 0 Å². The molecule has 0 atom stereocenters. The Morgan fingerprint density at radius 3 is 2.23 bits per heavy atom. The Balaban J connectivity index is 2.82. The minimum absolute atomic E-state index is 0.0295. The fraction of sp³-hybridized carbons (Fsp3) is 0.700. The molecule has 0 aromatic carbocycles. The van der Waals surface area contributed by atoms with Crippen LogP contribution in [-0.2, 0) is 14.4 Å². The number of rotatable bonds is 4. The highest BCUT2D eigenvalue weighted by molar-refractivity contribution is 6.12. The fourth-order valence-electron chi connectivity index (χ4n) is 2.02. The molecule has 0 amide bonds. The molecular weight excluding hydrogens is 168 g/mol. The van der Waals surface area contributed by atoms with E-state index in [2.05, 4.69) is 0 Å². The molecular formula is C10H14O3. The summed E-state index contributed by atoms with van der Waals surface area (Å²) in [5.41, 5.74) is -0.805. The lowest BCUT2D eigenvalue weighted by Crippen LogP contribution is -2.32. The molecule has 3 heteroatoms. The smallest absolute Gasteiger partial charge is 0.146 e. The molecule has 0 heterocycles. The first-order chi connectivity index (χ1) is 6.17. The molecule has 0 N–H and O–H groups in total. The van der Waals surface area contributed by atoms with Crippen molar-refractivity contribution in [1.29, 1.82) is 0 Å². The van der Waals surface area contributed by atoms with Gasteiger partial charge in [0.1, 0.15) is 17.9 Å². The van der Waals surface area contributed by atoms with Gasteiger partial charge in [0.25, 0.3) is 0 Å². The van der Waals surface area contributed by atoms with E-state index in [-0.39, 0.29) is 11.6 Å². The molecule has 0 aliphatic heterocycles. The quantitative estimate of drug-likeness (QED) is 0.486. The van der Waals surface area contributed by atoms with Gasteiger partial charge in [-0.3, -0.25) is 9.59 Å². The van der Waals surface area contributed by atoms with Gasteiger partial charge in [-0.2, -0.15) is 0 Å². The van der Waals surface area contributed by atoms with Gasteiger partial charge in [-0.25, -0.2) is 0 Å². The topological polar surface area (TPSA) is 51.2 Å². The highest BCUT2D eigenvalue weighted by Gasteiger charge is 2.46. The van der Waals surface area contributed by atoms with Gasteiger partial charge >= 0.3 is 0 Å². The van der Waals surface area contributed by atoms with Crippen LogP contribution in [0, 0.1) is 5.41 Å². The highest BCUT2D eigenvalue weighted by Crippen LogP contribution is 2.38. The second-order valence-corrected chi connectivity index (χ2v) is 3.49. The summed E-state index contributed by atoms with van der Waals surface area (Å²) in [6.45, 7) is 1.84. The van der Waals surface area contributed by atoms with Crippen molar-refractivity contribution in [1.82, 2.24) is 0 Å². The van der Waals surface area contributed by atoms with Crippen LogP contribution in [0.1, 0.15) is 39.0 Å². The zero-order chi connectivity index (χ0) is 9.90. The second kappa shape index (κ2) is 3.81. The maximum atomic E-state index is 11.5. The Morgan fingerprint density at radius 1 is 1.31 bits per heavy atom. The Kier molecular flexibility index (Phi) is 2.96. The number of aldehydes is 1. The standard InChI is InChI=1S/C10H14O3/c1-2-10(6-3-7-11)8(12)4-5-9(10)13/h7H,2-6H2,1H3. The molecule has 1 saturated carbocycles. The van der Waals surface area contributed by atoms with E-state index in [4.69, 9.17) is 0 Å². The van der Waals surface area contributed by atoms with E-state index >= 15 is 0 Å².